The van der Waals surface area contributed by atoms with Crippen LogP contribution < -0.4 is 0 Å². The number of aliphatic imine (C=N–C) groups is 1. The van der Waals surface area contributed by atoms with E-state index in [9.17, 15) is 0 Å². The maximum absolute atomic E-state index is 5.35. The molecular weight excluding hydrogens is 801 g/mol. The molecule has 0 amide bonds. The van der Waals surface area contributed by atoms with Crippen LogP contribution in [0.2, 0.25) is 0 Å². The van der Waals surface area contributed by atoms with Gasteiger partial charge in [0.25, 0.3) is 0 Å². The summed E-state index contributed by atoms with van der Waals surface area (Å²) in [6.07, 6.45) is 15.8. The standard InChI is InChI=1S/C57H44N6S/c1-36(38-18-7-3-8-19-38)44-31-29-41(34-48(44)58-37(2)39-20-9-4-10-21-39)53-60-54(62-55(61-53)46-27-17-26-45-51-47-28-15-16-33-57(47,51)64-52(45)46)42-30-32-50-49(35-42)59-56(40-22-11-5-12-23-40)63(50)43-24-13-6-14-25-43/h3-13,16-24,26-27,29-35,47,51H,1,14-15,25,28H2,2H3. The fraction of sp³-hybridized carbons (Fsp3) is 0.140. The molecule has 1 aliphatic heterocycles. The number of hydrogen-bond donors (Lipinski definition) is 0. The number of hydrogen-bond acceptors (Lipinski definition) is 6. The lowest BCUT2D eigenvalue weighted by Crippen LogP contribution is -2.06. The van der Waals surface area contributed by atoms with Crippen molar-refractivity contribution >= 4 is 45.5 Å². The van der Waals surface area contributed by atoms with E-state index in [1.807, 2.05) is 54.2 Å². The van der Waals surface area contributed by atoms with Crippen LogP contribution >= 0.6 is 11.8 Å². The summed E-state index contributed by atoms with van der Waals surface area (Å²) < 4.78 is 2.47. The van der Waals surface area contributed by atoms with Crippen LogP contribution in [0.4, 0.5) is 5.69 Å². The molecule has 3 heterocycles. The third-order valence-corrected chi connectivity index (χ3v) is 15.0. The second kappa shape index (κ2) is 15.5. The van der Waals surface area contributed by atoms with Crippen molar-refractivity contribution in [1.82, 2.24) is 24.5 Å². The summed E-state index contributed by atoms with van der Waals surface area (Å²) in [7, 11) is 0. The molecule has 3 aliphatic carbocycles. The second-order valence-electron chi connectivity index (χ2n) is 17.2. The van der Waals surface area contributed by atoms with E-state index in [1.165, 1.54) is 22.6 Å². The third kappa shape index (κ3) is 6.53. The predicted molar refractivity (Wildman–Crippen MR) is 264 cm³/mol. The molecule has 6 nitrogen and oxygen atoms in total. The number of benzene rings is 6. The highest BCUT2D eigenvalue weighted by Crippen LogP contribution is 2.77. The van der Waals surface area contributed by atoms with Gasteiger partial charge in [-0.2, -0.15) is 0 Å². The predicted octanol–water partition coefficient (Wildman–Crippen LogP) is 14.2. The van der Waals surface area contributed by atoms with Crippen LogP contribution in [-0.2, 0) is 0 Å². The van der Waals surface area contributed by atoms with Crippen molar-refractivity contribution < 1.29 is 0 Å². The first kappa shape index (κ1) is 38.5. The Balaban J connectivity index is 1.04. The molecule has 4 aliphatic rings. The minimum absolute atomic E-state index is 0.153. The van der Waals surface area contributed by atoms with Gasteiger partial charge in [0, 0.05) is 54.8 Å². The van der Waals surface area contributed by atoms with Crippen LogP contribution in [0.25, 0.3) is 67.9 Å². The Morgan fingerprint density at radius 2 is 1.42 bits per heavy atom. The van der Waals surface area contributed by atoms with Crippen molar-refractivity contribution in [3.63, 3.8) is 0 Å². The molecule has 0 N–H and O–H groups in total. The molecule has 3 unspecified atom stereocenters. The number of allylic oxidation sites excluding steroid dienone is 5. The van der Waals surface area contributed by atoms with Crippen molar-refractivity contribution in [3.05, 3.63) is 205 Å². The Bertz CT molecular complexity index is 3290. The van der Waals surface area contributed by atoms with Crippen LogP contribution in [0.3, 0.4) is 0 Å². The number of aromatic nitrogens is 5. The van der Waals surface area contributed by atoms with Crippen molar-refractivity contribution in [1.29, 1.82) is 0 Å². The molecule has 308 valence electrons. The number of nitrogens with zero attached hydrogens (tertiary/aromatic N) is 6. The molecule has 8 aromatic rings. The molecule has 2 aromatic heterocycles. The number of thioether (sulfide) groups is 1. The van der Waals surface area contributed by atoms with E-state index in [0.29, 0.717) is 29.3 Å². The maximum atomic E-state index is 5.35. The van der Waals surface area contributed by atoms with E-state index < -0.39 is 0 Å². The summed E-state index contributed by atoms with van der Waals surface area (Å²) in [6, 6.07) is 50.5. The smallest absolute Gasteiger partial charge is 0.165 e. The lowest BCUT2D eigenvalue weighted by Gasteiger charge is -2.17. The average molecular weight is 845 g/mol. The minimum atomic E-state index is 0.153. The topological polar surface area (TPSA) is 68.8 Å². The quantitative estimate of drug-likeness (QED) is 0.107. The molecule has 6 aromatic carbocycles. The van der Waals surface area contributed by atoms with Gasteiger partial charge in [-0.1, -0.05) is 152 Å². The van der Waals surface area contributed by atoms with E-state index in [2.05, 4.69) is 152 Å². The van der Waals surface area contributed by atoms with Gasteiger partial charge >= 0.3 is 0 Å². The molecular formula is C57H44N6S. The molecule has 7 heteroatoms. The van der Waals surface area contributed by atoms with Gasteiger partial charge in [0.1, 0.15) is 5.82 Å². The summed E-state index contributed by atoms with van der Waals surface area (Å²) in [5.41, 5.74) is 14.1. The van der Waals surface area contributed by atoms with Gasteiger partial charge in [0.15, 0.2) is 17.5 Å². The third-order valence-electron chi connectivity index (χ3n) is 13.3. The van der Waals surface area contributed by atoms with Crippen LogP contribution in [-0.4, -0.2) is 35.0 Å². The maximum Gasteiger partial charge on any atom is 0.165 e. The molecule has 3 atom stereocenters. The molecule has 0 radical (unpaired) electrons. The summed E-state index contributed by atoms with van der Waals surface area (Å²) in [4.78, 5) is 27.9. The number of imidazole rings is 1. The van der Waals surface area contributed by atoms with Crippen LogP contribution in [0.5, 0.6) is 0 Å². The molecule has 1 spiro atoms. The molecule has 0 bridgehead atoms. The summed E-state index contributed by atoms with van der Waals surface area (Å²) in [6.45, 7) is 6.62. The van der Waals surface area contributed by atoms with Gasteiger partial charge in [0.05, 0.1) is 16.7 Å². The van der Waals surface area contributed by atoms with E-state index >= 15 is 0 Å². The zero-order chi connectivity index (χ0) is 42.8. The normalized spacial score (nSPS) is 19.5. The van der Waals surface area contributed by atoms with Crippen molar-refractivity contribution in [3.8, 4) is 45.6 Å². The van der Waals surface area contributed by atoms with Gasteiger partial charge in [0.2, 0.25) is 0 Å². The van der Waals surface area contributed by atoms with Crippen molar-refractivity contribution in [2.24, 2.45) is 10.9 Å². The molecule has 12 rings (SSSR count). The average Bonchev–Trinajstić information content (AvgIpc) is 3.66. The Kier molecular flexibility index (Phi) is 9.34. The van der Waals surface area contributed by atoms with Gasteiger partial charge in [-0.05, 0) is 91.1 Å². The van der Waals surface area contributed by atoms with Crippen LogP contribution in [0.1, 0.15) is 60.8 Å². The number of fused-ring (bicyclic) bond motifs is 4. The summed E-state index contributed by atoms with van der Waals surface area (Å²) >= 11 is 2.01. The van der Waals surface area contributed by atoms with Gasteiger partial charge < -0.3 is 0 Å². The van der Waals surface area contributed by atoms with Gasteiger partial charge in [-0.3, -0.25) is 9.56 Å². The fourth-order valence-corrected chi connectivity index (χ4v) is 11.9. The highest BCUT2D eigenvalue weighted by molar-refractivity contribution is 8.01. The lowest BCUT2D eigenvalue weighted by molar-refractivity contribution is 0.680. The van der Waals surface area contributed by atoms with E-state index in [0.717, 1.165) is 92.0 Å². The second-order valence-corrected chi connectivity index (χ2v) is 18.5. The SMILES string of the molecule is C=C(c1ccccc1)c1ccc(-c2nc(-c3ccc4c(c3)nc(-c3ccccc3)n4C3=CC=CCC3)nc(-c3cccc4c3SC35C=CCCC3C45)n2)cc1N=C(C)c1ccccc1. The fourth-order valence-electron chi connectivity index (χ4n) is 10.1. The first-order chi connectivity index (χ1) is 31.5. The monoisotopic (exact) mass is 844 g/mol. The highest BCUT2D eigenvalue weighted by Gasteiger charge is 2.68. The Morgan fingerprint density at radius 1 is 0.703 bits per heavy atom. The first-order valence-corrected chi connectivity index (χ1v) is 23.0. The van der Waals surface area contributed by atoms with Crippen molar-refractivity contribution in [2.45, 2.75) is 48.2 Å². The lowest BCUT2D eigenvalue weighted by atomic mass is 9.96. The van der Waals surface area contributed by atoms with E-state index in [-0.39, 0.29) is 4.75 Å². The zero-order valence-electron chi connectivity index (χ0n) is 35.5. The number of rotatable bonds is 9. The highest BCUT2D eigenvalue weighted by atomic mass is 32.2. The Labute approximate surface area is 377 Å². The van der Waals surface area contributed by atoms with Crippen LogP contribution in [0, 0.1) is 5.92 Å². The molecule has 1 fully saturated rings. The van der Waals surface area contributed by atoms with E-state index in [4.69, 9.17) is 24.9 Å². The van der Waals surface area contributed by atoms with Gasteiger partial charge in [-0.25, -0.2) is 19.9 Å². The van der Waals surface area contributed by atoms with Gasteiger partial charge in [-0.15, -0.1) is 11.8 Å². The Morgan fingerprint density at radius 3 is 2.19 bits per heavy atom. The largest absolute Gasteiger partial charge is 0.296 e. The summed E-state index contributed by atoms with van der Waals surface area (Å²) in [5.74, 6) is 4.00. The zero-order valence-corrected chi connectivity index (χ0v) is 36.3. The molecule has 64 heavy (non-hydrogen) atoms. The summed E-state index contributed by atoms with van der Waals surface area (Å²) in [5, 5.41) is 0. The van der Waals surface area contributed by atoms with Crippen molar-refractivity contribution in [2.75, 3.05) is 0 Å². The van der Waals surface area contributed by atoms with Crippen LogP contribution in [0.15, 0.2) is 192 Å². The Hall–Kier alpha value is -7.22. The minimum Gasteiger partial charge on any atom is -0.296 e. The molecule has 0 saturated heterocycles. The first-order valence-electron chi connectivity index (χ1n) is 22.2. The van der Waals surface area contributed by atoms with E-state index in [1.54, 1.807) is 0 Å². The molecule has 1 saturated carbocycles.